The number of amides is 1. The van der Waals surface area contributed by atoms with Crippen LogP contribution in [0.2, 0.25) is 0 Å². The summed E-state index contributed by atoms with van der Waals surface area (Å²) in [5, 5.41) is 23.0. The van der Waals surface area contributed by atoms with E-state index in [0.29, 0.717) is 23.2 Å². The monoisotopic (exact) mass is 760 g/mol. The Hall–Kier alpha value is -4.98. The Morgan fingerprint density at radius 1 is 0.782 bits per heavy atom. The first kappa shape index (κ1) is 39.7. The molecule has 6 atom stereocenters. The molecule has 5 aromatic rings. The molecular weight excluding hydrogens is 719 g/mol. The highest BCUT2D eigenvalue weighted by Gasteiger charge is 2.40. The van der Waals surface area contributed by atoms with E-state index in [-0.39, 0.29) is 37.3 Å². The molecule has 0 radical (unpaired) electrons. The second-order valence-corrected chi connectivity index (χ2v) is 13.8. The normalized spacial score (nSPS) is 19.6. The van der Waals surface area contributed by atoms with Crippen molar-refractivity contribution in [1.29, 1.82) is 0 Å². The molecule has 1 heterocycles. The van der Waals surface area contributed by atoms with E-state index in [2.05, 4.69) is 17.1 Å². The van der Waals surface area contributed by atoms with Crippen molar-refractivity contribution in [3.05, 3.63) is 166 Å². The van der Waals surface area contributed by atoms with Crippen molar-refractivity contribution >= 4 is 5.91 Å². The molecule has 1 fully saturated rings. The SMILES string of the molecule is C[C@@H]1[C@H](CN(C)[C@@H](C)[C@H](O)c2ccccc2)O[C@H](c2ccc(-c3ccccc3CNC(=O)c3c(F)c(F)c(F)c(F)c3F)cc2)O[C@@H]1c1ccc(CO)cc1. The number of halogens is 5. The third kappa shape index (κ3) is 8.48. The third-order valence-electron chi connectivity index (χ3n) is 10.3. The van der Waals surface area contributed by atoms with Crippen molar-refractivity contribution in [1.82, 2.24) is 10.2 Å². The van der Waals surface area contributed by atoms with Crippen LogP contribution in [-0.2, 0) is 22.6 Å². The van der Waals surface area contributed by atoms with Gasteiger partial charge in [0.2, 0.25) is 5.82 Å². The number of aliphatic hydroxyl groups is 2. The van der Waals surface area contributed by atoms with Crippen LogP contribution in [0.15, 0.2) is 103 Å². The zero-order chi connectivity index (χ0) is 39.4. The zero-order valence-electron chi connectivity index (χ0n) is 30.4. The highest BCUT2D eigenvalue weighted by molar-refractivity contribution is 5.95. The minimum Gasteiger partial charge on any atom is -0.392 e. The van der Waals surface area contributed by atoms with Gasteiger partial charge in [0.15, 0.2) is 29.6 Å². The van der Waals surface area contributed by atoms with Gasteiger partial charge in [-0.05, 0) is 47.4 Å². The molecule has 55 heavy (non-hydrogen) atoms. The smallest absolute Gasteiger partial charge is 0.257 e. The van der Waals surface area contributed by atoms with Gasteiger partial charge < -0.3 is 25.0 Å². The van der Waals surface area contributed by atoms with E-state index in [4.69, 9.17) is 9.47 Å². The molecule has 288 valence electrons. The maximum atomic E-state index is 14.3. The molecule has 1 aliphatic heterocycles. The fourth-order valence-corrected chi connectivity index (χ4v) is 6.79. The quantitative estimate of drug-likeness (QED) is 0.0674. The van der Waals surface area contributed by atoms with Crippen molar-refractivity contribution in [3.63, 3.8) is 0 Å². The topological polar surface area (TPSA) is 91.3 Å². The molecule has 3 N–H and O–H groups in total. The van der Waals surface area contributed by atoms with Crippen molar-refractivity contribution in [2.24, 2.45) is 5.92 Å². The number of hydrogen-bond acceptors (Lipinski definition) is 6. The molecule has 0 spiro atoms. The van der Waals surface area contributed by atoms with E-state index < -0.39 is 53.0 Å². The summed E-state index contributed by atoms with van der Waals surface area (Å²) < 4.78 is 82.8. The van der Waals surface area contributed by atoms with Crippen LogP contribution >= 0.6 is 0 Å². The van der Waals surface area contributed by atoms with Gasteiger partial charge in [-0.2, -0.15) is 0 Å². The number of hydrogen-bond donors (Lipinski definition) is 3. The lowest BCUT2D eigenvalue weighted by molar-refractivity contribution is -0.276. The maximum absolute atomic E-state index is 14.3. The third-order valence-corrected chi connectivity index (χ3v) is 10.3. The predicted molar refractivity (Wildman–Crippen MR) is 196 cm³/mol. The van der Waals surface area contributed by atoms with Crippen LogP contribution in [0.1, 0.15) is 70.5 Å². The lowest BCUT2D eigenvalue weighted by Gasteiger charge is -2.43. The summed E-state index contributed by atoms with van der Waals surface area (Å²) in [4.78, 5) is 14.7. The number of benzene rings is 5. The summed E-state index contributed by atoms with van der Waals surface area (Å²) in [5.41, 5.74) is 3.54. The van der Waals surface area contributed by atoms with Crippen LogP contribution in [0.25, 0.3) is 11.1 Å². The van der Waals surface area contributed by atoms with Crippen molar-refractivity contribution in [3.8, 4) is 11.1 Å². The largest absolute Gasteiger partial charge is 0.392 e. The van der Waals surface area contributed by atoms with E-state index in [9.17, 15) is 37.0 Å². The number of nitrogens with one attached hydrogen (secondary N) is 1. The zero-order valence-corrected chi connectivity index (χ0v) is 30.4. The number of likely N-dealkylation sites (N-methyl/N-ethyl adjacent to an activating group) is 1. The highest BCUT2D eigenvalue weighted by Crippen LogP contribution is 2.42. The molecule has 6 rings (SSSR count). The number of carbonyl (C=O) groups is 1. The number of carbonyl (C=O) groups excluding carboxylic acids is 1. The molecule has 5 aromatic carbocycles. The van der Waals surface area contributed by atoms with Crippen LogP contribution in [0.3, 0.4) is 0 Å². The Morgan fingerprint density at radius 2 is 1.36 bits per heavy atom. The van der Waals surface area contributed by atoms with Gasteiger partial charge in [0.1, 0.15) is 5.56 Å². The fourth-order valence-electron chi connectivity index (χ4n) is 6.79. The van der Waals surface area contributed by atoms with Gasteiger partial charge in [0.05, 0.1) is 24.9 Å². The van der Waals surface area contributed by atoms with Gasteiger partial charge in [-0.1, -0.05) is 110 Å². The molecule has 0 unspecified atom stereocenters. The Kier molecular flexibility index (Phi) is 12.4. The van der Waals surface area contributed by atoms with Crippen molar-refractivity contribution in [2.45, 2.75) is 57.6 Å². The maximum Gasteiger partial charge on any atom is 0.257 e. The van der Waals surface area contributed by atoms with Crippen LogP contribution in [0.4, 0.5) is 22.0 Å². The first-order valence-electron chi connectivity index (χ1n) is 17.8. The van der Waals surface area contributed by atoms with Gasteiger partial charge in [0, 0.05) is 30.6 Å². The molecule has 12 heteroatoms. The van der Waals surface area contributed by atoms with Gasteiger partial charge in [0.25, 0.3) is 5.91 Å². The molecule has 0 bridgehead atoms. The minimum atomic E-state index is -2.35. The Labute approximate surface area is 316 Å². The number of aliphatic hydroxyl groups excluding tert-OH is 2. The average molecular weight is 761 g/mol. The second-order valence-electron chi connectivity index (χ2n) is 13.8. The number of ether oxygens (including phenoxy) is 2. The summed E-state index contributed by atoms with van der Waals surface area (Å²) in [6.45, 7) is 4.15. The second kappa shape index (κ2) is 17.2. The van der Waals surface area contributed by atoms with E-state index in [1.54, 1.807) is 24.3 Å². The minimum absolute atomic E-state index is 0.0880. The van der Waals surface area contributed by atoms with Crippen LogP contribution < -0.4 is 5.32 Å². The van der Waals surface area contributed by atoms with Crippen LogP contribution in [0.5, 0.6) is 0 Å². The Balaban J connectivity index is 1.22. The van der Waals surface area contributed by atoms with Gasteiger partial charge in [-0.25, -0.2) is 22.0 Å². The predicted octanol–water partition coefficient (Wildman–Crippen LogP) is 8.32. The Morgan fingerprint density at radius 3 is 2.00 bits per heavy atom. The van der Waals surface area contributed by atoms with E-state index >= 15 is 0 Å². The van der Waals surface area contributed by atoms with Crippen molar-refractivity contribution in [2.75, 3.05) is 13.6 Å². The molecule has 7 nitrogen and oxygen atoms in total. The van der Waals surface area contributed by atoms with Gasteiger partial charge >= 0.3 is 0 Å². The van der Waals surface area contributed by atoms with Crippen LogP contribution in [-0.4, -0.2) is 46.8 Å². The standard InChI is InChI=1S/C43H41F5N2O5/c1-24-33(22-50(3)25(2)40(52)28-9-5-4-6-10-28)54-43(55-41(24)29-15-13-26(23-51)14-16-29)30-19-17-27(18-20-30)32-12-8-7-11-31(32)21-49-42(53)34-35(44)37(46)39(48)38(47)36(34)45/h4-20,24-25,33,40-41,43,51-52H,21-23H2,1-3H3,(H,49,53)/t24-,25+,33+,40+,41+,43+/m1/s1. The molecule has 0 aliphatic carbocycles. The summed E-state index contributed by atoms with van der Waals surface area (Å²) in [5.74, 6) is -12.7. The first-order chi connectivity index (χ1) is 26.4. The molecule has 1 aliphatic rings. The lowest BCUT2D eigenvalue weighted by Crippen LogP contribution is -2.46. The average Bonchev–Trinajstić information content (AvgIpc) is 3.22. The first-order valence-corrected chi connectivity index (χ1v) is 17.8. The molecule has 0 aromatic heterocycles. The Bertz CT molecular complexity index is 2070. The van der Waals surface area contributed by atoms with E-state index in [0.717, 1.165) is 22.3 Å². The van der Waals surface area contributed by atoms with E-state index in [1.807, 2.05) is 92.8 Å². The summed E-state index contributed by atoms with van der Waals surface area (Å²) in [6.07, 6.45) is -2.20. The van der Waals surface area contributed by atoms with Crippen LogP contribution in [0, 0.1) is 35.0 Å². The number of rotatable bonds is 12. The van der Waals surface area contributed by atoms with E-state index in [1.165, 1.54) is 0 Å². The van der Waals surface area contributed by atoms with Gasteiger partial charge in [-0.3, -0.25) is 9.69 Å². The highest BCUT2D eigenvalue weighted by atomic mass is 19.2. The summed E-state index contributed by atoms with van der Waals surface area (Å²) in [6, 6.07) is 31.0. The molecule has 0 saturated carbocycles. The van der Waals surface area contributed by atoms with Gasteiger partial charge in [-0.15, -0.1) is 0 Å². The molecule has 1 saturated heterocycles. The summed E-state index contributed by atoms with van der Waals surface area (Å²) >= 11 is 0. The summed E-state index contributed by atoms with van der Waals surface area (Å²) in [7, 11) is 1.94. The lowest BCUT2D eigenvalue weighted by atomic mass is 9.89. The number of nitrogens with zero attached hydrogens (tertiary/aromatic N) is 1. The molecule has 1 amide bonds. The molecular formula is C43H41F5N2O5. The van der Waals surface area contributed by atoms with Crippen molar-refractivity contribution < 1.29 is 46.4 Å². The fraction of sp³-hybridized carbons (Fsp3) is 0.279.